The average molecular weight is 354 g/mol. The van der Waals surface area contributed by atoms with E-state index in [1.807, 2.05) is 36.5 Å². The Bertz CT molecular complexity index is 833. The fourth-order valence-corrected chi connectivity index (χ4v) is 2.36. The largest absolute Gasteiger partial charge is 0.491 e. The van der Waals surface area contributed by atoms with Gasteiger partial charge in [0.05, 0.1) is 12.3 Å². The Kier molecular flexibility index (Phi) is 5.98. The third kappa shape index (κ3) is 4.92. The maximum atomic E-state index is 13.4. The summed E-state index contributed by atoms with van der Waals surface area (Å²) in [7, 11) is 0. The van der Waals surface area contributed by atoms with Crippen LogP contribution in [-0.2, 0) is 16.1 Å². The normalized spacial score (nSPS) is 10.5. The van der Waals surface area contributed by atoms with Crippen LogP contribution in [0.5, 0.6) is 5.75 Å². The SMILES string of the molecule is O=C(CCCOc1ccccc1F)OCc1ccc(-n2cccn2)cc1. The van der Waals surface area contributed by atoms with Crippen molar-refractivity contribution in [1.82, 2.24) is 9.78 Å². The van der Waals surface area contributed by atoms with Crippen molar-refractivity contribution >= 4 is 5.97 Å². The molecular weight excluding hydrogens is 335 g/mol. The van der Waals surface area contributed by atoms with E-state index in [4.69, 9.17) is 9.47 Å². The minimum absolute atomic E-state index is 0.193. The number of ether oxygens (including phenoxy) is 2. The zero-order chi connectivity index (χ0) is 18.2. The van der Waals surface area contributed by atoms with E-state index in [1.165, 1.54) is 6.07 Å². The fraction of sp³-hybridized carbons (Fsp3) is 0.200. The quantitative estimate of drug-likeness (QED) is 0.455. The van der Waals surface area contributed by atoms with Gasteiger partial charge in [0.1, 0.15) is 6.61 Å². The molecule has 0 fully saturated rings. The predicted molar refractivity (Wildman–Crippen MR) is 94.5 cm³/mol. The standard InChI is InChI=1S/C20H19FN2O3/c21-18-5-1-2-6-19(18)25-14-3-7-20(24)26-15-16-8-10-17(11-9-16)23-13-4-12-22-23/h1-2,4-6,8-13H,3,7,14-15H2. The first-order valence-corrected chi connectivity index (χ1v) is 8.34. The number of carbonyl (C=O) groups excluding carboxylic acids is 1. The molecule has 26 heavy (non-hydrogen) atoms. The second-order valence-corrected chi connectivity index (χ2v) is 5.66. The Morgan fingerprint density at radius 2 is 1.88 bits per heavy atom. The average Bonchev–Trinajstić information content (AvgIpc) is 3.20. The van der Waals surface area contributed by atoms with Gasteiger partial charge in [-0.1, -0.05) is 24.3 Å². The third-order valence-corrected chi connectivity index (χ3v) is 3.72. The molecule has 6 heteroatoms. The highest BCUT2D eigenvalue weighted by atomic mass is 19.1. The number of halogens is 1. The summed E-state index contributed by atoms with van der Waals surface area (Å²) in [6, 6.07) is 15.7. The van der Waals surface area contributed by atoms with Gasteiger partial charge in [-0.25, -0.2) is 9.07 Å². The summed E-state index contributed by atoms with van der Waals surface area (Å²) in [6.45, 7) is 0.473. The number of para-hydroxylation sites is 1. The van der Waals surface area contributed by atoms with E-state index in [9.17, 15) is 9.18 Å². The Labute approximate surface area is 151 Å². The summed E-state index contributed by atoms with van der Waals surface area (Å²) in [5.41, 5.74) is 1.84. The molecule has 0 saturated heterocycles. The minimum atomic E-state index is -0.409. The molecule has 0 aliphatic rings. The molecule has 134 valence electrons. The molecular formula is C20H19FN2O3. The van der Waals surface area contributed by atoms with Crippen LogP contribution in [-0.4, -0.2) is 22.4 Å². The molecule has 0 aliphatic heterocycles. The number of benzene rings is 2. The summed E-state index contributed by atoms with van der Waals surface area (Å²) in [6.07, 6.45) is 4.26. The monoisotopic (exact) mass is 354 g/mol. The van der Waals surface area contributed by atoms with Gasteiger partial charge in [-0.3, -0.25) is 4.79 Å². The maximum absolute atomic E-state index is 13.4. The van der Waals surface area contributed by atoms with Crippen LogP contribution in [0.2, 0.25) is 0 Å². The summed E-state index contributed by atoms with van der Waals surface area (Å²) in [5.74, 6) is -0.523. The van der Waals surface area contributed by atoms with Gasteiger partial charge < -0.3 is 9.47 Å². The highest BCUT2D eigenvalue weighted by Crippen LogP contribution is 2.15. The van der Waals surface area contributed by atoms with Crippen LogP contribution in [0.15, 0.2) is 67.0 Å². The van der Waals surface area contributed by atoms with Crippen LogP contribution in [0.1, 0.15) is 18.4 Å². The molecule has 0 N–H and O–H groups in total. The number of carbonyl (C=O) groups is 1. The number of hydrogen-bond acceptors (Lipinski definition) is 4. The summed E-state index contributed by atoms with van der Waals surface area (Å²) >= 11 is 0. The molecule has 0 unspecified atom stereocenters. The van der Waals surface area contributed by atoms with E-state index in [0.717, 1.165) is 11.3 Å². The Morgan fingerprint density at radius 3 is 2.62 bits per heavy atom. The molecule has 0 spiro atoms. The van der Waals surface area contributed by atoms with Gasteiger partial charge in [-0.05, 0) is 42.3 Å². The molecule has 0 atom stereocenters. The summed E-state index contributed by atoms with van der Waals surface area (Å²) in [4.78, 5) is 11.8. The van der Waals surface area contributed by atoms with Gasteiger partial charge in [0.15, 0.2) is 11.6 Å². The number of esters is 1. The van der Waals surface area contributed by atoms with Crippen LogP contribution in [0.4, 0.5) is 4.39 Å². The van der Waals surface area contributed by atoms with Crippen LogP contribution in [0.25, 0.3) is 5.69 Å². The number of hydrogen-bond donors (Lipinski definition) is 0. The first-order chi connectivity index (χ1) is 12.7. The lowest BCUT2D eigenvalue weighted by Gasteiger charge is -2.08. The lowest BCUT2D eigenvalue weighted by Crippen LogP contribution is -2.07. The first-order valence-electron chi connectivity index (χ1n) is 8.34. The number of nitrogens with zero attached hydrogens (tertiary/aromatic N) is 2. The lowest BCUT2D eigenvalue weighted by molar-refractivity contribution is -0.145. The third-order valence-electron chi connectivity index (χ3n) is 3.72. The lowest BCUT2D eigenvalue weighted by atomic mass is 10.2. The predicted octanol–water partition coefficient (Wildman–Crippen LogP) is 3.91. The molecule has 3 aromatic rings. The van der Waals surface area contributed by atoms with Crippen LogP contribution in [0, 0.1) is 5.82 Å². The fourth-order valence-electron chi connectivity index (χ4n) is 2.36. The summed E-state index contributed by atoms with van der Waals surface area (Å²) in [5, 5.41) is 4.16. The molecule has 0 saturated carbocycles. The first kappa shape index (κ1) is 17.7. The van der Waals surface area contributed by atoms with Gasteiger partial charge in [-0.2, -0.15) is 5.10 Å². The van der Waals surface area contributed by atoms with Gasteiger partial charge in [-0.15, -0.1) is 0 Å². The van der Waals surface area contributed by atoms with Crippen molar-refractivity contribution in [3.63, 3.8) is 0 Å². The van der Waals surface area contributed by atoms with Crippen molar-refractivity contribution < 1.29 is 18.7 Å². The van der Waals surface area contributed by atoms with E-state index < -0.39 is 5.82 Å². The van der Waals surface area contributed by atoms with Crippen molar-refractivity contribution in [2.24, 2.45) is 0 Å². The van der Waals surface area contributed by atoms with E-state index in [0.29, 0.717) is 6.42 Å². The molecule has 3 rings (SSSR count). The zero-order valence-electron chi connectivity index (χ0n) is 14.2. The molecule has 5 nitrogen and oxygen atoms in total. The zero-order valence-corrected chi connectivity index (χ0v) is 14.2. The Balaban J connectivity index is 1.37. The van der Waals surface area contributed by atoms with E-state index in [1.54, 1.807) is 29.1 Å². The van der Waals surface area contributed by atoms with Crippen molar-refractivity contribution in [1.29, 1.82) is 0 Å². The minimum Gasteiger partial charge on any atom is -0.491 e. The van der Waals surface area contributed by atoms with Crippen molar-refractivity contribution in [2.45, 2.75) is 19.4 Å². The number of rotatable bonds is 8. The highest BCUT2D eigenvalue weighted by Gasteiger charge is 2.06. The highest BCUT2D eigenvalue weighted by molar-refractivity contribution is 5.69. The smallest absolute Gasteiger partial charge is 0.306 e. The molecule has 0 radical (unpaired) electrons. The van der Waals surface area contributed by atoms with Gasteiger partial charge >= 0.3 is 5.97 Å². The van der Waals surface area contributed by atoms with E-state index >= 15 is 0 Å². The molecule has 1 heterocycles. The van der Waals surface area contributed by atoms with Crippen molar-refractivity contribution in [3.8, 4) is 11.4 Å². The second kappa shape index (κ2) is 8.80. The van der Waals surface area contributed by atoms with Crippen molar-refractivity contribution in [2.75, 3.05) is 6.61 Å². The van der Waals surface area contributed by atoms with Crippen LogP contribution < -0.4 is 4.74 Å². The topological polar surface area (TPSA) is 53.4 Å². The number of aromatic nitrogens is 2. The summed E-state index contributed by atoms with van der Waals surface area (Å²) < 4.78 is 25.7. The van der Waals surface area contributed by atoms with E-state index in [2.05, 4.69) is 5.10 Å². The van der Waals surface area contributed by atoms with Crippen molar-refractivity contribution in [3.05, 3.63) is 78.4 Å². The molecule has 0 aliphatic carbocycles. The molecule has 0 bridgehead atoms. The second-order valence-electron chi connectivity index (χ2n) is 5.66. The molecule has 0 amide bonds. The Morgan fingerprint density at radius 1 is 1.08 bits per heavy atom. The van der Waals surface area contributed by atoms with E-state index in [-0.39, 0.29) is 31.4 Å². The van der Waals surface area contributed by atoms with Gasteiger partial charge in [0.2, 0.25) is 0 Å². The van der Waals surface area contributed by atoms with Gasteiger partial charge in [0, 0.05) is 18.8 Å². The Hall–Kier alpha value is -3.15. The van der Waals surface area contributed by atoms with Crippen LogP contribution in [0.3, 0.4) is 0 Å². The molecule has 2 aromatic carbocycles. The van der Waals surface area contributed by atoms with Crippen LogP contribution >= 0.6 is 0 Å². The van der Waals surface area contributed by atoms with Gasteiger partial charge in [0.25, 0.3) is 0 Å². The maximum Gasteiger partial charge on any atom is 0.306 e. The molecule has 1 aromatic heterocycles.